The molecule has 1 saturated carbocycles. The van der Waals surface area contributed by atoms with E-state index in [9.17, 15) is 17.6 Å². The Balaban J connectivity index is 1.36. The first kappa shape index (κ1) is 20.6. The molecule has 1 amide bonds. The van der Waals surface area contributed by atoms with Crippen molar-refractivity contribution in [3.8, 4) is 0 Å². The average molecular weight is 425 g/mol. The Morgan fingerprint density at radius 3 is 2.31 bits per heavy atom. The molecule has 6 nitrogen and oxygen atoms in total. The van der Waals surface area contributed by atoms with Gasteiger partial charge in [-0.05, 0) is 43.5 Å². The number of piperazine rings is 1. The standard InChI is InChI=1S/C21H30FN3O3S/c22-17-5-7-18(8-6-17)24-12-10-23(11-13-24)15-21(26)25(19-3-1-2-4-19)20-9-14-29(27,28)16-20/h5-8,19-20H,1-4,9-16H2/p+1/t20-/m1/s1. The van der Waals surface area contributed by atoms with Gasteiger partial charge in [0.25, 0.3) is 5.91 Å². The van der Waals surface area contributed by atoms with E-state index in [4.69, 9.17) is 0 Å². The second-order valence-corrected chi connectivity index (χ2v) is 10.9. The molecule has 8 heteroatoms. The van der Waals surface area contributed by atoms with Gasteiger partial charge >= 0.3 is 0 Å². The third-order valence-electron chi connectivity index (χ3n) is 6.67. The number of rotatable bonds is 5. The van der Waals surface area contributed by atoms with Crippen LogP contribution in [-0.2, 0) is 14.6 Å². The number of halogens is 1. The van der Waals surface area contributed by atoms with Gasteiger partial charge in [0.2, 0.25) is 0 Å². The second kappa shape index (κ2) is 8.60. The smallest absolute Gasteiger partial charge is 0.278 e. The van der Waals surface area contributed by atoms with Gasteiger partial charge in [0.15, 0.2) is 16.4 Å². The summed E-state index contributed by atoms with van der Waals surface area (Å²) in [6.07, 6.45) is 4.82. The highest BCUT2D eigenvalue weighted by Crippen LogP contribution is 2.29. The van der Waals surface area contributed by atoms with Crippen molar-refractivity contribution in [2.24, 2.45) is 0 Å². The molecule has 1 N–H and O–H groups in total. The number of carbonyl (C=O) groups is 1. The Morgan fingerprint density at radius 2 is 1.72 bits per heavy atom. The molecule has 29 heavy (non-hydrogen) atoms. The van der Waals surface area contributed by atoms with E-state index < -0.39 is 9.84 Å². The molecule has 2 heterocycles. The van der Waals surface area contributed by atoms with Crippen LogP contribution in [0, 0.1) is 5.82 Å². The number of quaternary nitrogens is 1. The fraction of sp³-hybridized carbons (Fsp3) is 0.667. The van der Waals surface area contributed by atoms with Crippen molar-refractivity contribution in [3.63, 3.8) is 0 Å². The van der Waals surface area contributed by atoms with Crippen molar-refractivity contribution in [3.05, 3.63) is 30.1 Å². The van der Waals surface area contributed by atoms with Crippen LogP contribution in [0.3, 0.4) is 0 Å². The number of nitrogens with zero attached hydrogens (tertiary/aromatic N) is 2. The molecule has 0 aromatic heterocycles. The lowest BCUT2D eigenvalue weighted by Crippen LogP contribution is -3.16. The summed E-state index contributed by atoms with van der Waals surface area (Å²) in [6.45, 7) is 3.80. The predicted molar refractivity (Wildman–Crippen MR) is 110 cm³/mol. The second-order valence-electron chi connectivity index (χ2n) is 8.69. The van der Waals surface area contributed by atoms with Crippen LogP contribution in [0.25, 0.3) is 0 Å². The van der Waals surface area contributed by atoms with Gasteiger partial charge in [-0.2, -0.15) is 0 Å². The van der Waals surface area contributed by atoms with E-state index >= 15 is 0 Å². The third-order valence-corrected chi connectivity index (χ3v) is 8.42. The molecule has 4 rings (SSSR count). The van der Waals surface area contributed by atoms with Gasteiger partial charge in [-0.15, -0.1) is 0 Å². The predicted octanol–water partition coefficient (Wildman–Crippen LogP) is 0.489. The highest BCUT2D eigenvalue weighted by Gasteiger charge is 2.40. The minimum absolute atomic E-state index is 0.115. The molecule has 0 spiro atoms. The van der Waals surface area contributed by atoms with Crippen LogP contribution in [0.5, 0.6) is 0 Å². The van der Waals surface area contributed by atoms with Gasteiger partial charge < -0.3 is 14.7 Å². The molecule has 1 aliphatic carbocycles. The molecule has 1 atom stereocenters. The lowest BCUT2D eigenvalue weighted by Gasteiger charge is -2.37. The molecule has 2 aliphatic heterocycles. The summed E-state index contributed by atoms with van der Waals surface area (Å²) < 4.78 is 37.1. The van der Waals surface area contributed by atoms with Gasteiger partial charge in [-0.25, -0.2) is 12.8 Å². The lowest BCUT2D eigenvalue weighted by molar-refractivity contribution is -0.892. The number of sulfone groups is 1. The van der Waals surface area contributed by atoms with Gasteiger partial charge in [-0.1, -0.05) is 12.8 Å². The molecule has 3 aliphatic rings. The molecule has 160 valence electrons. The van der Waals surface area contributed by atoms with Gasteiger partial charge in [-0.3, -0.25) is 4.79 Å². The molecule has 3 fully saturated rings. The van der Waals surface area contributed by atoms with E-state index in [0.717, 1.165) is 57.5 Å². The van der Waals surface area contributed by atoms with Crippen molar-refractivity contribution < 1.29 is 22.5 Å². The van der Waals surface area contributed by atoms with Crippen molar-refractivity contribution in [1.29, 1.82) is 0 Å². The molecule has 2 saturated heterocycles. The number of carbonyl (C=O) groups excluding carboxylic acids is 1. The number of hydrogen-bond acceptors (Lipinski definition) is 4. The van der Waals surface area contributed by atoms with Crippen LogP contribution in [-0.4, -0.2) is 75.5 Å². The topological polar surface area (TPSA) is 62.1 Å². The van der Waals surface area contributed by atoms with E-state index in [1.807, 2.05) is 4.90 Å². The van der Waals surface area contributed by atoms with E-state index in [1.165, 1.54) is 17.0 Å². The first-order chi connectivity index (χ1) is 13.9. The minimum Gasteiger partial charge on any atom is -0.360 e. The van der Waals surface area contributed by atoms with Crippen LogP contribution in [0.1, 0.15) is 32.1 Å². The lowest BCUT2D eigenvalue weighted by atomic mass is 10.1. The Kier molecular flexibility index (Phi) is 6.11. The maximum Gasteiger partial charge on any atom is 0.278 e. The van der Waals surface area contributed by atoms with Crippen LogP contribution in [0.2, 0.25) is 0 Å². The Morgan fingerprint density at radius 1 is 1.07 bits per heavy atom. The van der Waals surface area contributed by atoms with Crippen LogP contribution >= 0.6 is 0 Å². The van der Waals surface area contributed by atoms with Crippen molar-refractivity contribution in [1.82, 2.24) is 4.90 Å². The first-order valence-electron chi connectivity index (χ1n) is 10.8. The van der Waals surface area contributed by atoms with Crippen LogP contribution in [0.15, 0.2) is 24.3 Å². The van der Waals surface area contributed by atoms with E-state index in [-0.39, 0.29) is 35.3 Å². The van der Waals surface area contributed by atoms with Gasteiger partial charge in [0.1, 0.15) is 5.82 Å². The fourth-order valence-electron chi connectivity index (χ4n) is 5.10. The number of hydrogen-bond donors (Lipinski definition) is 1. The highest BCUT2D eigenvalue weighted by molar-refractivity contribution is 7.91. The van der Waals surface area contributed by atoms with Crippen LogP contribution < -0.4 is 9.80 Å². The molecular weight excluding hydrogens is 393 g/mol. The van der Waals surface area contributed by atoms with Gasteiger partial charge in [0.05, 0.1) is 37.7 Å². The summed E-state index contributed by atoms with van der Waals surface area (Å²) in [5.41, 5.74) is 1.01. The SMILES string of the molecule is O=C(C[NH+]1CCN(c2ccc(F)cc2)CC1)N(C1CCCC1)[C@@H]1CCS(=O)(=O)C1. The Hall–Kier alpha value is -1.67. The van der Waals surface area contributed by atoms with Crippen LogP contribution in [0.4, 0.5) is 10.1 Å². The normalized spacial score (nSPS) is 25.4. The molecule has 0 radical (unpaired) electrons. The monoisotopic (exact) mass is 424 g/mol. The highest BCUT2D eigenvalue weighted by atomic mass is 32.2. The Bertz CT molecular complexity index is 816. The summed E-state index contributed by atoms with van der Waals surface area (Å²) in [6, 6.07) is 6.62. The summed E-state index contributed by atoms with van der Waals surface area (Å²) in [5.74, 6) is 0.217. The zero-order valence-corrected chi connectivity index (χ0v) is 17.7. The van der Waals surface area contributed by atoms with Crippen molar-refractivity contribution in [2.45, 2.75) is 44.2 Å². The Labute approximate surface area is 172 Å². The fourth-order valence-corrected chi connectivity index (χ4v) is 6.81. The maximum absolute atomic E-state index is 13.2. The van der Waals surface area contributed by atoms with Crippen molar-refractivity contribution >= 4 is 21.4 Å². The average Bonchev–Trinajstić information content (AvgIpc) is 3.33. The quantitative estimate of drug-likeness (QED) is 0.747. The number of benzene rings is 1. The summed E-state index contributed by atoms with van der Waals surface area (Å²) >= 11 is 0. The van der Waals surface area contributed by atoms with Crippen molar-refractivity contribution in [2.75, 3.05) is 49.1 Å². The zero-order valence-electron chi connectivity index (χ0n) is 16.9. The molecule has 0 bridgehead atoms. The first-order valence-corrected chi connectivity index (χ1v) is 12.6. The summed E-state index contributed by atoms with van der Waals surface area (Å²) in [4.78, 5) is 18.7. The van der Waals surface area contributed by atoms with E-state index in [1.54, 1.807) is 12.1 Å². The number of nitrogens with one attached hydrogen (secondary N) is 1. The largest absolute Gasteiger partial charge is 0.360 e. The molecule has 1 aromatic carbocycles. The maximum atomic E-state index is 13.2. The van der Waals surface area contributed by atoms with E-state index in [0.29, 0.717) is 13.0 Å². The van der Waals surface area contributed by atoms with Gasteiger partial charge in [0, 0.05) is 17.8 Å². The number of anilines is 1. The minimum atomic E-state index is -3.01. The number of amides is 1. The third kappa shape index (κ3) is 4.91. The summed E-state index contributed by atoms with van der Waals surface area (Å²) in [7, 11) is -3.01. The van der Waals surface area contributed by atoms with E-state index in [2.05, 4.69) is 4.90 Å². The zero-order chi connectivity index (χ0) is 20.4. The molecular formula is C21H31FN3O3S+. The summed E-state index contributed by atoms with van der Waals surface area (Å²) in [5, 5.41) is 0. The molecule has 0 unspecified atom stereocenters. The molecule has 1 aromatic rings.